The Balaban J connectivity index is 2.09. The minimum Gasteiger partial charge on any atom is -0.477 e. The second kappa shape index (κ2) is 5.60. The van der Waals surface area contributed by atoms with Crippen LogP contribution in [0.2, 0.25) is 0 Å². The van der Waals surface area contributed by atoms with E-state index in [4.69, 9.17) is 5.11 Å². The van der Waals surface area contributed by atoms with Crippen LogP contribution in [0.15, 0.2) is 16.3 Å². The van der Waals surface area contributed by atoms with Crippen LogP contribution in [-0.2, 0) is 10.0 Å². The third-order valence-corrected chi connectivity index (χ3v) is 6.43. The molecule has 0 amide bonds. The molecule has 2 heterocycles. The number of carbonyl (C=O) groups is 1. The molecule has 0 radical (unpaired) electrons. The zero-order valence-corrected chi connectivity index (χ0v) is 11.9. The number of hydrogen-bond donors (Lipinski definition) is 2. The molecule has 100 valence electrons. The van der Waals surface area contributed by atoms with Crippen LogP contribution in [0.3, 0.4) is 0 Å². The highest BCUT2D eigenvalue weighted by Crippen LogP contribution is 2.25. The Morgan fingerprint density at radius 2 is 2.33 bits per heavy atom. The summed E-state index contributed by atoms with van der Waals surface area (Å²) >= 11 is 2.73. The first-order valence-electron chi connectivity index (χ1n) is 5.39. The van der Waals surface area contributed by atoms with Gasteiger partial charge in [0.2, 0.25) is 10.0 Å². The van der Waals surface area contributed by atoms with Crippen molar-refractivity contribution in [2.45, 2.75) is 11.3 Å². The monoisotopic (exact) mass is 307 g/mol. The summed E-state index contributed by atoms with van der Waals surface area (Å²) in [6, 6.07) is 1.33. The Bertz CT molecular complexity index is 531. The standard InChI is InChI=1S/C10H13NO4S3/c12-10(13)9-8(2-4-17-9)18(14,15)11-5-7-1-3-16-6-7/h2,4,7,11H,1,3,5-6H2,(H,12,13). The van der Waals surface area contributed by atoms with E-state index in [2.05, 4.69) is 4.72 Å². The second-order valence-corrected chi connectivity index (χ2v) is 7.80. The zero-order chi connectivity index (χ0) is 13.2. The van der Waals surface area contributed by atoms with Crippen LogP contribution in [0, 0.1) is 5.92 Å². The van der Waals surface area contributed by atoms with Crippen molar-refractivity contribution in [3.63, 3.8) is 0 Å². The molecule has 2 rings (SSSR count). The Hall–Kier alpha value is -0.570. The van der Waals surface area contributed by atoms with E-state index < -0.39 is 16.0 Å². The van der Waals surface area contributed by atoms with Gasteiger partial charge in [-0.15, -0.1) is 11.3 Å². The van der Waals surface area contributed by atoms with E-state index in [0.717, 1.165) is 29.3 Å². The maximum atomic E-state index is 12.0. The van der Waals surface area contributed by atoms with E-state index in [1.807, 2.05) is 11.8 Å². The van der Waals surface area contributed by atoms with Crippen LogP contribution >= 0.6 is 23.1 Å². The summed E-state index contributed by atoms with van der Waals surface area (Å²) in [7, 11) is -3.71. The minimum atomic E-state index is -3.71. The van der Waals surface area contributed by atoms with E-state index in [-0.39, 0.29) is 9.77 Å². The molecule has 0 aliphatic carbocycles. The summed E-state index contributed by atoms with van der Waals surface area (Å²) in [5, 5.41) is 10.4. The van der Waals surface area contributed by atoms with Crippen LogP contribution in [0.25, 0.3) is 0 Å². The molecule has 1 unspecified atom stereocenters. The summed E-state index contributed by atoms with van der Waals surface area (Å²) in [6.45, 7) is 0.379. The lowest BCUT2D eigenvalue weighted by Gasteiger charge is -2.10. The average Bonchev–Trinajstić information content (AvgIpc) is 2.98. The first-order valence-corrected chi connectivity index (χ1v) is 8.90. The second-order valence-electron chi connectivity index (χ2n) is 4.00. The van der Waals surface area contributed by atoms with E-state index in [1.54, 1.807) is 0 Å². The molecular formula is C10H13NO4S3. The average molecular weight is 307 g/mol. The Kier molecular flexibility index (Phi) is 4.31. The molecule has 1 saturated heterocycles. The third kappa shape index (κ3) is 3.05. The summed E-state index contributed by atoms with van der Waals surface area (Å²) < 4.78 is 26.5. The van der Waals surface area contributed by atoms with Gasteiger partial charge in [0, 0.05) is 6.54 Å². The minimum absolute atomic E-state index is 0.134. The van der Waals surface area contributed by atoms with Crippen molar-refractivity contribution in [1.82, 2.24) is 4.72 Å². The van der Waals surface area contributed by atoms with Gasteiger partial charge < -0.3 is 5.11 Å². The van der Waals surface area contributed by atoms with Crippen molar-refractivity contribution in [2.24, 2.45) is 5.92 Å². The largest absolute Gasteiger partial charge is 0.477 e. The smallest absolute Gasteiger partial charge is 0.347 e. The lowest BCUT2D eigenvalue weighted by atomic mass is 10.1. The number of thiophene rings is 1. The van der Waals surface area contributed by atoms with Gasteiger partial charge >= 0.3 is 5.97 Å². The molecule has 1 aromatic heterocycles. The van der Waals surface area contributed by atoms with Crippen molar-refractivity contribution < 1.29 is 18.3 Å². The lowest BCUT2D eigenvalue weighted by molar-refractivity contribution is 0.0698. The van der Waals surface area contributed by atoms with Gasteiger partial charge in [-0.3, -0.25) is 0 Å². The number of hydrogen-bond acceptors (Lipinski definition) is 5. The predicted molar refractivity (Wildman–Crippen MR) is 71.9 cm³/mol. The normalized spacial score (nSPS) is 20.1. The fourth-order valence-electron chi connectivity index (χ4n) is 1.71. The molecule has 0 bridgehead atoms. The Labute approximate surface area is 114 Å². The van der Waals surface area contributed by atoms with Crippen molar-refractivity contribution >= 4 is 39.1 Å². The Morgan fingerprint density at radius 1 is 1.56 bits per heavy atom. The summed E-state index contributed by atoms with van der Waals surface area (Å²) in [5.74, 6) is 1.15. The maximum Gasteiger partial charge on any atom is 0.347 e. The van der Waals surface area contributed by atoms with E-state index >= 15 is 0 Å². The fraction of sp³-hybridized carbons (Fsp3) is 0.500. The fourth-order valence-corrected chi connectivity index (χ4v) is 5.37. The number of sulfonamides is 1. The maximum absolute atomic E-state index is 12.0. The topological polar surface area (TPSA) is 83.5 Å². The lowest BCUT2D eigenvalue weighted by Crippen LogP contribution is -2.30. The highest BCUT2D eigenvalue weighted by atomic mass is 32.2. The molecule has 5 nitrogen and oxygen atoms in total. The summed E-state index contributed by atoms with van der Waals surface area (Å²) in [6.07, 6.45) is 1.00. The molecule has 8 heteroatoms. The van der Waals surface area contributed by atoms with Gasteiger partial charge in [-0.2, -0.15) is 11.8 Å². The van der Waals surface area contributed by atoms with Crippen LogP contribution in [0.5, 0.6) is 0 Å². The molecule has 0 aromatic carbocycles. The molecule has 1 aliphatic rings. The number of thioether (sulfide) groups is 1. The molecule has 1 atom stereocenters. The Morgan fingerprint density at radius 3 is 2.94 bits per heavy atom. The van der Waals surface area contributed by atoms with Crippen LogP contribution in [-0.4, -0.2) is 37.5 Å². The highest BCUT2D eigenvalue weighted by Gasteiger charge is 2.25. The SMILES string of the molecule is O=C(O)c1sccc1S(=O)(=O)NCC1CCSC1. The molecule has 1 fully saturated rings. The molecule has 1 aromatic rings. The molecule has 0 saturated carbocycles. The van der Waals surface area contributed by atoms with Crippen LogP contribution in [0.4, 0.5) is 0 Å². The van der Waals surface area contributed by atoms with Gasteiger partial charge in [0.15, 0.2) is 0 Å². The van der Waals surface area contributed by atoms with Gasteiger partial charge in [0.25, 0.3) is 0 Å². The number of rotatable bonds is 5. The van der Waals surface area contributed by atoms with Crippen LogP contribution < -0.4 is 4.72 Å². The first kappa shape index (κ1) is 13.9. The number of carboxylic acid groups (broad SMARTS) is 1. The van der Waals surface area contributed by atoms with E-state index in [9.17, 15) is 13.2 Å². The molecule has 1 aliphatic heterocycles. The number of aromatic carboxylic acids is 1. The zero-order valence-electron chi connectivity index (χ0n) is 9.46. The molecular weight excluding hydrogens is 294 g/mol. The van der Waals surface area contributed by atoms with Crippen molar-refractivity contribution in [3.05, 3.63) is 16.3 Å². The van der Waals surface area contributed by atoms with Crippen molar-refractivity contribution in [3.8, 4) is 0 Å². The van der Waals surface area contributed by atoms with E-state index in [0.29, 0.717) is 12.5 Å². The summed E-state index contributed by atoms with van der Waals surface area (Å²) in [4.78, 5) is 10.6. The molecule has 0 spiro atoms. The quantitative estimate of drug-likeness (QED) is 0.861. The molecule has 18 heavy (non-hydrogen) atoms. The predicted octanol–water partition coefficient (Wildman–Crippen LogP) is 1.48. The number of carboxylic acids is 1. The van der Waals surface area contributed by atoms with Crippen molar-refractivity contribution in [1.29, 1.82) is 0 Å². The molecule has 2 N–H and O–H groups in total. The van der Waals surface area contributed by atoms with Crippen LogP contribution in [0.1, 0.15) is 16.1 Å². The third-order valence-electron chi connectivity index (χ3n) is 2.70. The van der Waals surface area contributed by atoms with Gasteiger partial charge in [-0.1, -0.05) is 0 Å². The number of nitrogens with one attached hydrogen (secondary N) is 1. The van der Waals surface area contributed by atoms with Gasteiger partial charge in [-0.25, -0.2) is 17.9 Å². The van der Waals surface area contributed by atoms with Gasteiger partial charge in [0.1, 0.15) is 9.77 Å². The summed E-state index contributed by atoms with van der Waals surface area (Å²) in [5.41, 5.74) is 0. The van der Waals surface area contributed by atoms with Gasteiger partial charge in [0.05, 0.1) is 0 Å². The first-order chi connectivity index (χ1) is 8.50. The highest BCUT2D eigenvalue weighted by molar-refractivity contribution is 7.99. The van der Waals surface area contributed by atoms with E-state index in [1.165, 1.54) is 11.4 Å². The van der Waals surface area contributed by atoms with Gasteiger partial charge in [-0.05, 0) is 35.3 Å². The van der Waals surface area contributed by atoms with Crippen molar-refractivity contribution in [2.75, 3.05) is 18.1 Å².